The quantitative estimate of drug-likeness (QED) is 0.859. The Labute approximate surface area is 118 Å². The van der Waals surface area contributed by atoms with Gasteiger partial charge in [-0.25, -0.2) is 4.79 Å². The molecule has 0 saturated carbocycles. The summed E-state index contributed by atoms with van der Waals surface area (Å²) in [5.74, 6) is -0.140. The van der Waals surface area contributed by atoms with Crippen LogP contribution in [0.3, 0.4) is 0 Å². The van der Waals surface area contributed by atoms with Gasteiger partial charge in [-0.05, 0) is 55.4 Å². The molecule has 0 spiro atoms. The molecule has 1 saturated heterocycles. The maximum atomic E-state index is 12.3. The Bertz CT molecular complexity index is 556. The van der Waals surface area contributed by atoms with E-state index >= 15 is 0 Å². The maximum absolute atomic E-state index is 12.3. The van der Waals surface area contributed by atoms with Crippen LogP contribution in [0.4, 0.5) is 10.5 Å². The molecule has 0 radical (unpaired) electrons. The van der Waals surface area contributed by atoms with E-state index in [4.69, 9.17) is 5.73 Å². The number of rotatable bonds is 2. The summed E-state index contributed by atoms with van der Waals surface area (Å²) in [5.41, 5.74) is 8.81. The Morgan fingerprint density at radius 1 is 1.20 bits per heavy atom. The highest BCUT2D eigenvalue weighted by Crippen LogP contribution is 2.25. The van der Waals surface area contributed by atoms with Gasteiger partial charge >= 0.3 is 6.03 Å². The number of likely N-dealkylation sites (tertiary alicyclic amines) is 1. The fourth-order valence-corrected chi connectivity index (χ4v) is 3.18. The van der Waals surface area contributed by atoms with Gasteiger partial charge in [-0.3, -0.25) is 4.79 Å². The zero-order valence-electron chi connectivity index (χ0n) is 11.4. The third kappa shape index (κ3) is 2.35. The first-order valence-electron chi connectivity index (χ1n) is 7.14. The molecule has 1 aliphatic heterocycles. The lowest BCUT2D eigenvalue weighted by Gasteiger charge is -2.21. The van der Waals surface area contributed by atoms with Crippen molar-refractivity contribution in [1.82, 2.24) is 4.90 Å². The molecule has 3 N–H and O–H groups in total. The Morgan fingerprint density at radius 2 is 2.00 bits per heavy atom. The molecule has 5 heteroatoms. The number of amides is 3. The van der Waals surface area contributed by atoms with Crippen LogP contribution in [0.25, 0.3) is 0 Å². The Balaban J connectivity index is 1.71. The minimum Gasteiger partial charge on any atom is -0.351 e. The molecule has 106 valence electrons. The molecule has 1 aromatic rings. The van der Waals surface area contributed by atoms with Crippen LogP contribution in [-0.4, -0.2) is 29.4 Å². The minimum atomic E-state index is -0.517. The summed E-state index contributed by atoms with van der Waals surface area (Å²) in [7, 11) is 0. The molecule has 1 aliphatic carbocycles. The van der Waals surface area contributed by atoms with E-state index in [1.165, 1.54) is 22.4 Å². The molecule has 1 fully saturated rings. The smallest absolute Gasteiger partial charge is 0.315 e. The fourth-order valence-electron chi connectivity index (χ4n) is 3.18. The zero-order chi connectivity index (χ0) is 14.1. The number of carbonyl (C=O) groups excluding carboxylic acids is 2. The number of hydrogen-bond donors (Lipinski definition) is 2. The second-order valence-corrected chi connectivity index (χ2v) is 5.52. The number of aryl methyl sites for hydroxylation is 2. The summed E-state index contributed by atoms with van der Waals surface area (Å²) in [4.78, 5) is 25.0. The number of fused-ring (bicyclic) bond motifs is 1. The van der Waals surface area contributed by atoms with Crippen molar-refractivity contribution in [1.29, 1.82) is 0 Å². The third-order valence-electron chi connectivity index (χ3n) is 4.20. The molecule has 1 atom stereocenters. The lowest BCUT2D eigenvalue weighted by Crippen LogP contribution is -2.45. The van der Waals surface area contributed by atoms with Gasteiger partial charge < -0.3 is 16.0 Å². The molecule has 3 rings (SSSR count). The highest BCUT2D eigenvalue weighted by Gasteiger charge is 2.33. The number of carbonyl (C=O) groups is 2. The predicted octanol–water partition coefficient (Wildman–Crippen LogP) is 1.66. The van der Waals surface area contributed by atoms with Gasteiger partial charge in [0.25, 0.3) is 0 Å². The lowest BCUT2D eigenvalue weighted by molar-refractivity contribution is -0.119. The largest absolute Gasteiger partial charge is 0.351 e. The Morgan fingerprint density at radius 3 is 2.80 bits per heavy atom. The van der Waals surface area contributed by atoms with Crippen LogP contribution in [0.15, 0.2) is 18.2 Å². The maximum Gasteiger partial charge on any atom is 0.315 e. The number of anilines is 1. The standard InChI is InChI=1S/C15H19N3O2/c16-15(20)18-8-2-5-13(18)14(19)17-12-7-6-10-3-1-4-11(10)9-12/h6-7,9,13H,1-5,8H2,(H2,16,20)(H,17,19)/t13-/m1/s1. The zero-order valence-corrected chi connectivity index (χ0v) is 11.4. The van der Waals surface area contributed by atoms with Crippen LogP contribution in [0.2, 0.25) is 0 Å². The Hall–Kier alpha value is -2.04. The van der Waals surface area contributed by atoms with Crippen molar-refractivity contribution in [2.45, 2.75) is 38.1 Å². The molecule has 2 aliphatic rings. The van der Waals surface area contributed by atoms with E-state index in [1.54, 1.807) is 0 Å². The number of nitrogens with two attached hydrogens (primary N) is 1. The van der Waals surface area contributed by atoms with Gasteiger partial charge in [0.2, 0.25) is 5.91 Å². The summed E-state index contributed by atoms with van der Waals surface area (Å²) in [6, 6.07) is 5.12. The lowest BCUT2D eigenvalue weighted by atomic mass is 10.1. The SMILES string of the molecule is NC(=O)N1CCC[C@@H]1C(=O)Nc1ccc2c(c1)CCC2. The summed E-state index contributed by atoms with van der Waals surface area (Å²) in [5, 5.41) is 2.91. The Kier molecular flexibility index (Phi) is 3.34. The van der Waals surface area contributed by atoms with Crippen LogP contribution in [0.1, 0.15) is 30.4 Å². The second-order valence-electron chi connectivity index (χ2n) is 5.52. The van der Waals surface area contributed by atoms with Crippen LogP contribution >= 0.6 is 0 Å². The molecule has 1 heterocycles. The van der Waals surface area contributed by atoms with Crippen molar-refractivity contribution in [2.24, 2.45) is 5.73 Å². The van der Waals surface area contributed by atoms with Gasteiger partial charge in [-0.15, -0.1) is 0 Å². The molecule has 0 aromatic heterocycles. The van der Waals surface area contributed by atoms with E-state index < -0.39 is 12.1 Å². The number of primary amides is 1. The van der Waals surface area contributed by atoms with Gasteiger partial charge in [-0.1, -0.05) is 6.07 Å². The molecular formula is C15H19N3O2. The van der Waals surface area contributed by atoms with Gasteiger partial charge in [0.1, 0.15) is 6.04 Å². The topological polar surface area (TPSA) is 75.4 Å². The number of urea groups is 1. The van der Waals surface area contributed by atoms with E-state index in [-0.39, 0.29) is 5.91 Å². The van der Waals surface area contributed by atoms with E-state index in [1.807, 2.05) is 12.1 Å². The van der Waals surface area contributed by atoms with E-state index in [0.717, 1.165) is 24.9 Å². The van der Waals surface area contributed by atoms with Crippen LogP contribution in [-0.2, 0) is 17.6 Å². The van der Waals surface area contributed by atoms with Crippen LogP contribution in [0, 0.1) is 0 Å². The summed E-state index contributed by atoms with van der Waals surface area (Å²) >= 11 is 0. The van der Waals surface area contributed by atoms with E-state index in [9.17, 15) is 9.59 Å². The van der Waals surface area contributed by atoms with Crippen molar-refractivity contribution >= 4 is 17.6 Å². The molecular weight excluding hydrogens is 254 g/mol. The van der Waals surface area contributed by atoms with Crippen molar-refractivity contribution in [2.75, 3.05) is 11.9 Å². The van der Waals surface area contributed by atoms with Crippen molar-refractivity contribution < 1.29 is 9.59 Å². The molecule has 3 amide bonds. The highest BCUT2D eigenvalue weighted by atomic mass is 16.2. The van der Waals surface area contributed by atoms with Gasteiger partial charge in [-0.2, -0.15) is 0 Å². The molecule has 20 heavy (non-hydrogen) atoms. The average Bonchev–Trinajstić information content (AvgIpc) is 3.06. The number of nitrogens with one attached hydrogen (secondary N) is 1. The second kappa shape index (κ2) is 5.15. The van der Waals surface area contributed by atoms with Gasteiger partial charge in [0.05, 0.1) is 0 Å². The fraction of sp³-hybridized carbons (Fsp3) is 0.467. The summed E-state index contributed by atoms with van der Waals surface area (Å²) < 4.78 is 0. The van der Waals surface area contributed by atoms with Crippen LogP contribution < -0.4 is 11.1 Å². The predicted molar refractivity (Wildman–Crippen MR) is 76.4 cm³/mol. The van der Waals surface area contributed by atoms with Gasteiger partial charge in [0, 0.05) is 12.2 Å². The van der Waals surface area contributed by atoms with Crippen LogP contribution in [0.5, 0.6) is 0 Å². The molecule has 0 bridgehead atoms. The van der Waals surface area contributed by atoms with Crippen molar-refractivity contribution in [3.8, 4) is 0 Å². The number of benzene rings is 1. The summed E-state index contributed by atoms with van der Waals surface area (Å²) in [6.07, 6.45) is 4.90. The molecule has 1 aromatic carbocycles. The minimum absolute atomic E-state index is 0.140. The first-order chi connectivity index (χ1) is 9.65. The summed E-state index contributed by atoms with van der Waals surface area (Å²) in [6.45, 7) is 0.567. The molecule has 0 unspecified atom stereocenters. The molecule has 5 nitrogen and oxygen atoms in total. The van der Waals surface area contributed by atoms with Crippen molar-refractivity contribution in [3.05, 3.63) is 29.3 Å². The first-order valence-corrected chi connectivity index (χ1v) is 7.14. The monoisotopic (exact) mass is 273 g/mol. The van der Waals surface area contributed by atoms with Gasteiger partial charge in [0.15, 0.2) is 0 Å². The van der Waals surface area contributed by atoms with E-state index in [2.05, 4.69) is 11.4 Å². The van der Waals surface area contributed by atoms with E-state index in [0.29, 0.717) is 13.0 Å². The number of hydrogen-bond acceptors (Lipinski definition) is 2. The average molecular weight is 273 g/mol. The number of nitrogens with zero attached hydrogens (tertiary/aromatic N) is 1. The van der Waals surface area contributed by atoms with Crippen molar-refractivity contribution in [3.63, 3.8) is 0 Å². The first kappa shape index (κ1) is 13.0. The highest BCUT2D eigenvalue weighted by molar-refractivity contribution is 5.97. The third-order valence-corrected chi connectivity index (χ3v) is 4.20. The normalized spacial score (nSPS) is 20.8.